The minimum absolute atomic E-state index is 0.0272. The van der Waals surface area contributed by atoms with Gasteiger partial charge in [0.2, 0.25) is 0 Å². The van der Waals surface area contributed by atoms with Crippen LogP contribution in [0.15, 0.2) is 24.3 Å². The Morgan fingerprint density at radius 1 is 0.583 bits per heavy atom. The molecule has 0 spiro atoms. The molecule has 0 aromatic carbocycles. The fraction of sp³-hybridized carbons (Fsp3) is 0.600. The van der Waals surface area contributed by atoms with Gasteiger partial charge in [0.25, 0.3) is 0 Å². The van der Waals surface area contributed by atoms with Gasteiger partial charge in [0.1, 0.15) is 52.6 Å². The molecule has 0 saturated carbocycles. The number of rotatable bonds is 19. The molecule has 24 heteroatoms. The Kier molecular flexibility index (Phi) is 22.0. The number of hydrogen-bond acceptors (Lipinski definition) is 20. The maximum Gasteiger partial charge on any atom is 0.408 e. The van der Waals surface area contributed by atoms with Crippen LogP contribution in [-0.2, 0) is 63.8 Å². The lowest BCUT2D eigenvalue weighted by Gasteiger charge is -2.34. The van der Waals surface area contributed by atoms with Crippen molar-refractivity contribution in [2.75, 3.05) is 66.3 Å². The predicted molar refractivity (Wildman–Crippen MR) is 314 cm³/mol. The lowest BCUT2D eigenvalue weighted by atomic mass is 9.90. The number of nitrogens with one attached hydrogen (secondary N) is 4. The van der Waals surface area contributed by atoms with E-state index in [4.69, 9.17) is 34.3 Å². The maximum absolute atomic E-state index is 13.1. The molecule has 6 heterocycles. The molecule has 2 fully saturated rings. The molecular formula is C60H84N12O12. The van der Waals surface area contributed by atoms with Crippen LogP contribution in [0.2, 0.25) is 0 Å². The topological polar surface area (TPSA) is 312 Å². The number of aliphatic carboxylic acids is 2. The summed E-state index contributed by atoms with van der Waals surface area (Å²) in [6.45, 7) is 20.1. The molecule has 24 nitrogen and oxygen atoms in total. The zero-order valence-electron chi connectivity index (χ0n) is 50.3. The van der Waals surface area contributed by atoms with E-state index in [1.54, 1.807) is 34.6 Å². The monoisotopic (exact) mass is 1160 g/mol. The quantitative estimate of drug-likeness (QED) is 0.0394. The highest BCUT2D eigenvalue weighted by molar-refractivity contribution is 5.84. The summed E-state index contributed by atoms with van der Waals surface area (Å²) in [5, 5.41) is 29.3. The second-order valence-electron chi connectivity index (χ2n) is 23.0. The number of pyridine rings is 2. The van der Waals surface area contributed by atoms with Gasteiger partial charge in [-0.2, -0.15) is 0 Å². The first-order valence-electron chi connectivity index (χ1n) is 29.4. The number of carbonyl (C=O) groups is 6. The highest BCUT2D eigenvalue weighted by Gasteiger charge is 2.32. The van der Waals surface area contributed by atoms with Gasteiger partial charge in [0.15, 0.2) is 12.2 Å². The van der Waals surface area contributed by atoms with Crippen molar-refractivity contribution in [3.63, 3.8) is 0 Å². The molecule has 6 N–H and O–H groups in total. The fourth-order valence-electron chi connectivity index (χ4n) is 10.8. The minimum atomic E-state index is -1.41. The van der Waals surface area contributed by atoms with Crippen molar-refractivity contribution in [2.24, 2.45) is 0 Å². The summed E-state index contributed by atoms with van der Waals surface area (Å²) in [6, 6.07) is 6.46. The molecule has 84 heavy (non-hydrogen) atoms. The smallest absolute Gasteiger partial charge is 0.408 e. The number of ether oxygens (including phenoxy) is 4. The predicted octanol–water partition coefficient (Wildman–Crippen LogP) is 7.37. The van der Waals surface area contributed by atoms with Gasteiger partial charge in [-0.25, -0.2) is 48.7 Å². The van der Waals surface area contributed by atoms with Crippen LogP contribution in [0.25, 0.3) is 0 Å². The van der Waals surface area contributed by atoms with Crippen LogP contribution < -0.4 is 31.1 Å². The van der Waals surface area contributed by atoms with Crippen LogP contribution in [0.4, 0.5) is 32.9 Å². The molecule has 4 aromatic rings. The number of aryl methyl sites for hydroxylation is 6. The van der Waals surface area contributed by atoms with Crippen LogP contribution in [-0.4, -0.2) is 152 Å². The van der Waals surface area contributed by atoms with Crippen LogP contribution in [0, 0.1) is 27.7 Å². The molecule has 0 bridgehead atoms. The summed E-state index contributed by atoms with van der Waals surface area (Å²) in [5.74, 6) is 0.619. The number of amides is 2. The molecule has 4 aromatic heterocycles. The number of aromatic nitrogens is 6. The van der Waals surface area contributed by atoms with E-state index >= 15 is 0 Å². The van der Waals surface area contributed by atoms with Gasteiger partial charge in [-0.05, 0) is 170 Å². The number of hydrogen-bond donors (Lipinski definition) is 6. The van der Waals surface area contributed by atoms with Gasteiger partial charge in [-0.1, -0.05) is 12.1 Å². The number of esters is 2. The van der Waals surface area contributed by atoms with E-state index in [1.807, 2.05) is 20.8 Å². The molecule has 2 aliphatic heterocycles. The molecular weight excluding hydrogens is 1080 g/mol. The maximum atomic E-state index is 13.1. The molecule has 2 saturated heterocycles. The van der Waals surface area contributed by atoms with Crippen LogP contribution >= 0.6 is 0 Å². The normalized spacial score (nSPS) is 16.8. The lowest BCUT2D eigenvalue weighted by Crippen LogP contribution is -2.49. The van der Waals surface area contributed by atoms with Crippen molar-refractivity contribution in [1.29, 1.82) is 0 Å². The van der Waals surface area contributed by atoms with Gasteiger partial charge in [-0.15, -0.1) is 0 Å². The Morgan fingerprint density at radius 2 is 1.01 bits per heavy atom. The van der Waals surface area contributed by atoms with Crippen molar-refractivity contribution in [3.05, 3.63) is 80.9 Å². The van der Waals surface area contributed by atoms with Crippen molar-refractivity contribution < 1.29 is 57.9 Å². The number of alkyl carbamates (subject to hydrolysis) is 2. The number of carbonyl (C=O) groups excluding carboxylic acids is 4. The molecule has 2 amide bonds. The third-order valence-corrected chi connectivity index (χ3v) is 15.3. The highest BCUT2D eigenvalue weighted by Crippen LogP contribution is 2.35. The van der Waals surface area contributed by atoms with Crippen LogP contribution in [0.5, 0.6) is 0 Å². The summed E-state index contributed by atoms with van der Waals surface area (Å²) >= 11 is 0. The number of nitrogens with zero attached hydrogens (tertiary/aromatic N) is 8. The van der Waals surface area contributed by atoms with Crippen molar-refractivity contribution in [3.8, 4) is 0 Å². The highest BCUT2D eigenvalue weighted by atomic mass is 16.6. The summed E-state index contributed by atoms with van der Waals surface area (Å²) in [4.78, 5) is 105. The Labute approximate surface area is 491 Å². The molecule has 8 rings (SSSR count). The number of carboxylic acid groups (broad SMARTS) is 2. The van der Waals surface area contributed by atoms with E-state index < -0.39 is 66.0 Å². The fourth-order valence-corrected chi connectivity index (χ4v) is 10.8. The second-order valence-corrected chi connectivity index (χ2v) is 23.0. The van der Waals surface area contributed by atoms with E-state index in [0.717, 1.165) is 100 Å². The largest absolute Gasteiger partial charge is 0.480 e. The SMILES string of the molecule is CCOC(=O)C(C)OC(=O)N[C@@H](CNc1nc(C)nc(N2CCC(c3ccc4c(n3)CCCC4)CC2)c1C)C(=O)OC(C)(C)C.Cc1nc(NC[C@H](NC(=O)OC(C)C(=O)O)C(=O)O)c(C)c(N2CCC(c3ccc4c(n3)CCCC4)CC2)n1. The molecule has 2 unspecified atom stereocenters. The Balaban J connectivity index is 0.000000243. The van der Waals surface area contributed by atoms with Crippen molar-refractivity contribution >= 4 is 59.3 Å². The van der Waals surface area contributed by atoms with Crippen LogP contribution in [0.1, 0.15) is 161 Å². The van der Waals surface area contributed by atoms with E-state index in [1.165, 1.54) is 73.4 Å². The molecule has 4 aliphatic rings. The van der Waals surface area contributed by atoms with E-state index in [2.05, 4.69) is 75.0 Å². The summed E-state index contributed by atoms with van der Waals surface area (Å²) < 4.78 is 20.3. The van der Waals surface area contributed by atoms with Gasteiger partial charge in [-0.3, -0.25) is 9.97 Å². The van der Waals surface area contributed by atoms with Crippen molar-refractivity contribution in [1.82, 2.24) is 40.5 Å². The Morgan fingerprint density at radius 3 is 1.44 bits per heavy atom. The standard InChI is InChI=1S/C33H48N6O6.C27H36N6O6/c1-8-43-30(40)21(3)44-32(42)38-27(31(41)45-33(5,6)7)19-34-28-20(2)29(36-22(4)35-28)39-17-15-24(16-18-39)26-14-13-23-11-9-10-12-25(23)37-26;1-15-23(28-14-22(26(36)37)32-27(38)39-16(2)25(34)35)29-17(3)30-24(15)33-12-10-19(11-13-33)21-9-8-18-6-4-5-7-20(18)31-21/h13-14,21,24,27H,8-12,15-19H2,1-7H3,(H,38,42)(H,34,35,36);8-9,16,19,22H,4-7,10-14H2,1-3H3,(H,32,38)(H,34,35)(H,36,37)(H,28,29,30)/t21?,27-;16?,22-/m00/s1. The Hall–Kier alpha value is -7.92. The van der Waals surface area contributed by atoms with Crippen LogP contribution in [0.3, 0.4) is 0 Å². The van der Waals surface area contributed by atoms with Crippen molar-refractivity contribution in [2.45, 2.75) is 188 Å². The average molecular weight is 1170 g/mol. The van der Waals surface area contributed by atoms with Gasteiger partial charge >= 0.3 is 36.1 Å². The first-order chi connectivity index (χ1) is 40.0. The van der Waals surface area contributed by atoms with E-state index in [-0.39, 0.29) is 19.7 Å². The molecule has 2 aliphatic carbocycles. The zero-order chi connectivity index (χ0) is 60.8. The zero-order valence-corrected chi connectivity index (χ0v) is 50.3. The first-order valence-corrected chi connectivity index (χ1v) is 29.4. The number of carboxylic acids is 2. The molecule has 456 valence electrons. The number of anilines is 4. The van der Waals surface area contributed by atoms with Gasteiger partial charge in [0, 0.05) is 85.0 Å². The number of piperidine rings is 2. The summed E-state index contributed by atoms with van der Waals surface area (Å²) in [5.41, 5.74) is 8.54. The lowest BCUT2D eigenvalue weighted by molar-refractivity contribution is -0.157. The minimum Gasteiger partial charge on any atom is -0.480 e. The van der Waals surface area contributed by atoms with Gasteiger partial charge in [0.05, 0.1) is 6.61 Å². The third kappa shape index (κ3) is 17.6. The Bertz CT molecular complexity index is 2990. The van der Waals surface area contributed by atoms with E-state index in [9.17, 15) is 33.9 Å². The average Bonchev–Trinajstić information content (AvgIpc) is 3.64. The summed E-state index contributed by atoms with van der Waals surface area (Å²) in [6.07, 6.45) is 8.58. The summed E-state index contributed by atoms with van der Waals surface area (Å²) in [7, 11) is 0. The van der Waals surface area contributed by atoms with Gasteiger partial charge < -0.3 is 60.2 Å². The third-order valence-electron chi connectivity index (χ3n) is 15.3. The first kappa shape index (κ1) is 63.7. The second kappa shape index (κ2) is 29.1. The molecule has 4 atom stereocenters. The molecule has 0 radical (unpaired) electrons. The number of fused-ring (bicyclic) bond motifs is 2. The van der Waals surface area contributed by atoms with E-state index in [0.29, 0.717) is 35.1 Å².